The van der Waals surface area contributed by atoms with Gasteiger partial charge in [0.15, 0.2) is 0 Å². The van der Waals surface area contributed by atoms with Crippen molar-refractivity contribution in [2.45, 2.75) is 56.1 Å². The average Bonchev–Trinajstić information content (AvgIpc) is 3.60. The Labute approximate surface area is 197 Å². The highest BCUT2D eigenvalue weighted by Gasteiger charge is 2.39. The molecular formula is C25H35N5O2S. The Kier molecular flexibility index (Phi) is 6.72. The highest BCUT2D eigenvalue weighted by Crippen LogP contribution is 2.42. The van der Waals surface area contributed by atoms with Gasteiger partial charge in [0.25, 0.3) is 0 Å². The second-order valence-electron chi connectivity index (χ2n) is 9.69. The van der Waals surface area contributed by atoms with E-state index in [-0.39, 0.29) is 0 Å². The number of anilines is 1. The van der Waals surface area contributed by atoms with Crippen molar-refractivity contribution in [1.29, 1.82) is 0 Å². The maximum absolute atomic E-state index is 12.7. The summed E-state index contributed by atoms with van der Waals surface area (Å²) in [5, 5.41) is 7.02. The van der Waals surface area contributed by atoms with Gasteiger partial charge >= 0.3 is 10.2 Å². The molecule has 0 unspecified atom stereocenters. The minimum absolute atomic E-state index is 0.390. The van der Waals surface area contributed by atoms with E-state index in [1.165, 1.54) is 29.1 Å². The molecule has 2 aromatic carbocycles. The minimum Gasteiger partial charge on any atom is -0.328 e. The fraction of sp³-hybridized carbons (Fsp3) is 0.520. The lowest BCUT2D eigenvalue weighted by atomic mass is 9.92. The van der Waals surface area contributed by atoms with Crippen LogP contribution in [0.1, 0.15) is 43.6 Å². The monoisotopic (exact) mass is 469 g/mol. The van der Waals surface area contributed by atoms with Gasteiger partial charge in [-0.2, -0.15) is 12.7 Å². The Morgan fingerprint density at radius 3 is 2.39 bits per heavy atom. The molecule has 1 aliphatic heterocycles. The Morgan fingerprint density at radius 2 is 1.67 bits per heavy atom. The number of nitrogens with one attached hydrogen (secondary N) is 3. The van der Waals surface area contributed by atoms with Crippen molar-refractivity contribution >= 4 is 15.9 Å². The van der Waals surface area contributed by atoms with Crippen molar-refractivity contribution in [1.82, 2.24) is 14.9 Å². The van der Waals surface area contributed by atoms with Crippen LogP contribution in [0.25, 0.3) is 11.1 Å². The third-order valence-electron chi connectivity index (χ3n) is 7.21. The Bertz CT molecular complexity index is 1040. The Balaban J connectivity index is 1.20. The van der Waals surface area contributed by atoms with Gasteiger partial charge in [-0.15, -0.1) is 0 Å². The molecule has 178 valence electrons. The fourth-order valence-corrected chi connectivity index (χ4v) is 6.34. The van der Waals surface area contributed by atoms with E-state index in [9.17, 15) is 8.42 Å². The number of hydrogen-bond acceptors (Lipinski definition) is 5. The predicted octanol–water partition coefficient (Wildman–Crippen LogP) is 2.63. The smallest absolute Gasteiger partial charge is 0.301 e. The van der Waals surface area contributed by atoms with Gasteiger partial charge in [-0.05, 0) is 60.9 Å². The quantitative estimate of drug-likeness (QED) is 0.500. The topological polar surface area (TPSA) is 99.5 Å². The molecule has 2 aromatic rings. The highest BCUT2D eigenvalue weighted by molar-refractivity contribution is 7.90. The van der Waals surface area contributed by atoms with Crippen LogP contribution in [0.15, 0.2) is 48.5 Å². The van der Waals surface area contributed by atoms with E-state index in [0.29, 0.717) is 55.9 Å². The van der Waals surface area contributed by atoms with Crippen LogP contribution in [-0.4, -0.2) is 57.0 Å². The van der Waals surface area contributed by atoms with Gasteiger partial charge in [0.2, 0.25) is 0 Å². The SMILES string of the molecule is NC1CCC(N[C@@H]2C[C@H]2c2ccc(-c3cccc(NS(=O)(=O)N4CCNCC4)c3)cc2)CC1. The number of benzene rings is 2. The van der Waals surface area contributed by atoms with Crippen LogP contribution in [-0.2, 0) is 10.2 Å². The van der Waals surface area contributed by atoms with Crippen molar-refractivity contribution in [3.05, 3.63) is 54.1 Å². The van der Waals surface area contributed by atoms with E-state index in [4.69, 9.17) is 5.73 Å². The van der Waals surface area contributed by atoms with E-state index in [1.54, 1.807) is 6.07 Å². The van der Waals surface area contributed by atoms with Crippen molar-refractivity contribution in [3.63, 3.8) is 0 Å². The largest absolute Gasteiger partial charge is 0.328 e. The molecule has 0 spiro atoms. The maximum Gasteiger partial charge on any atom is 0.301 e. The van der Waals surface area contributed by atoms with Crippen molar-refractivity contribution in [3.8, 4) is 11.1 Å². The number of rotatable bonds is 7. The summed E-state index contributed by atoms with van der Waals surface area (Å²) in [5.74, 6) is 0.590. The fourth-order valence-electron chi connectivity index (χ4n) is 5.12. The first kappa shape index (κ1) is 22.8. The molecule has 5 N–H and O–H groups in total. The number of hydrogen-bond donors (Lipinski definition) is 4. The van der Waals surface area contributed by atoms with Crippen LogP contribution < -0.4 is 21.1 Å². The van der Waals surface area contributed by atoms with E-state index < -0.39 is 10.2 Å². The molecule has 2 saturated carbocycles. The summed E-state index contributed by atoms with van der Waals surface area (Å²) >= 11 is 0. The average molecular weight is 470 g/mol. The van der Waals surface area contributed by atoms with Crippen LogP contribution in [0.2, 0.25) is 0 Å². The molecule has 0 bridgehead atoms. The molecule has 0 radical (unpaired) electrons. The summed E-state index contributed by atoms with van der Waals surface area (Å²) in [6, 6.07) is 17.9. The first-order valence-electron chi connectivity index (χ1n) is 12.2. The lowest BCUT2D eigenvalue weighted by molar-refractivity contribution is 0.339. The van der Waals surface area contributed by atoms with Gasteiger partial charge in [0, 0.05) is 50.2 Å². The first-order valence-corrected chi connectivity index (χ1v) is 13.6. The molecule has 33 heavy (non-hydrogen) atoms. The van der Waals surface area contributed by atoms with Gasteiger partial charge < -0.3 is 16.4 Å². The van der Waals surface area contributed by atoms with E-state index in [0.717, 1.165) is 24.0 Å². The zero-order valence-corrected chi connectivity index (χ0v) is 19.9. The minimum atomic E-state index is -3.54. The summed E-state index contributed by atoms with van der Waals surface area (Å²) in [5.41, 5.74) is 10.1. The third kappa shape index (κ3) is 5.58. The van der Waals surface area contributed by atoms with E-state index in [2.05, 4.69) is 39.6 Å². The molecule has 0 aromatic heterocycles. The molecule has 8 heteroatoms. The highest BCUT2D eigenvalue weighted by atomic mass is 32.2. The van der Waals surface area contributed by atoms with Crippen LogP contribution in [0.4, 0.5) is 5.69 Å². The predicted molar refractivity (Wildman–Crippen MR) is 133 cm³/mol. The molecular weight excluding hydrogens is 434 g/mol. The third-order valence-corrected chi connectivity index (χ3v) is 8.75. The van der Waals surface area contributed by atoms with Crippen molar-refractivity contribution in [2.24, 2.45) is 5.73 Å². The molecule has 5 rings (SSSR count). The van der Waals surface area contributed by atoms with Gasteiger partial charge in [-0.3, -0.25) is 4.72 Å². The number of nitrogens with two attached hydrogens (primary N) is 1. The molecule has 1 heterocycles. The van der Waals surface area contributed by atoms with Gasteiger partial charge in [0.1, 0.15) is 0 Å². The second-order valence-corrected chi connectivity index (χ2v) is 11.4. The summed E-state index contributed by atoms with van der Waals surface area (Å²) in [7, 11) is -3.54. The van der Waals surface area contributed by atoms with Gasteiger partial charge in [-0.1, -0.05) is 36.4 Å². The molecule has 2 atom stereocenters. The van der Waals surface area contributed by atoms with Crippen molar-refractivity contribution in [2.75, 3.05) is 30.9 Å². The normalized spacial score (nSPS) is 28.4. The molecule has 3 fully saturated rings. The lowest BCUT2D eigenvalue weighted by Gasteiger charge is -2.27. The van der Waals surface area contributed by atoms with Crippen LogP contribution in [0.3, 0.4) is 0 Å². The number of nitrogens with zero attached hydrogens (tertiary/aromatic N) is 1. The standard InChI is InChI=1S/C25H35N5O2S/c26-21-8-10-22(11-9-21)28-25-17-24(25)19-6-4-18(5-7-19)20-2-1-3-23(16-20)29-33(31,32)30-14-12-27-13-15-30/h1-7,16,21-22,24-25,27-29H,8-15,17,26H2/t21?,22?,24-,25+/m0/s1. The zero-order valence-electron chi connectivity index (χ0n) is 19.0. The summed E-state index contributed by atoms with van der Waals surface area (Å²) < 4.78 is 29.6. The maximum atomic E-state index is 12.7. The van der Waals surface area contributed by atoms with Crippen LogP contribution in [0.5, 0.6) is 0 Å². The van der Waals surface area contributed by atoms with E-state index >= 15 is 0 Å². The number of piperazine rings is 1. The Hall–Kier alpha value is -1.97. The molecule has 0 amide bonds. The summed E-state index contributed by atoms with van der Waals surface area (Å²) in [6.45, 7) is 2.34. The Morgan fingerprint density at radius 1 is 0.939 bits per heavy atom. The van der Waals surface area contributed by atoms with Gasteiger partial charge in [0.05, 0.1) is 5.69 Å². The van der Waals surface area contributed by atoms with Crippen LogP contribution >= 0.6 is 0 Å². The van der Waals surface area contributed by atoms with E-state index in [1.807, 2.05) is 18.2 Å². The summed E-state index contributed by atoms with van der Waals surface area (Å²) in [4.78, 5) is 0. The van der Waals surface area contributed by atoms with Crippen molar-refractivity contribution < 1.29 is 8.42 Å². The second kappa shape index (κ2) is 9.72. The van der Waals surface area contributed by atoms with Crippen LogP contribution in [0, 0.1) is 0 Å². The zero-order chi connectivity index (χ0) is 22.8. The molecule has 3 aliphatic rings. The van der Waals surface area contributed by atoms with Gasteiger partial charge in [-0.25, -0.2) is 0 Å². The molecule has 7 nitrogen and oxygen atoms in total. The summed E-state index contributed by atoms with van der Waals surface area (Å²) in [6.07, 6.45) is 5.85. The molecule has 1 saturated heterocycles. The lowest BCUT2D eigenvalue weighted by Crippen LogP contribution is -2.48. The first-order chi connectivity index (χ1) is 16.0. The molecule has 2 aliphatic carbocycles.